The number of thioether (sulfide) groups is 1. The van der Waals surface area contributed by atoms with Crippen molar-refractivity contribution in [2.45, 2.75) is 22.7 Å². The van der Waals surface area contributed by atoms with E-state index in [9.17, 15) is 9.90 Å². The van der Waals surface area contributed by atoms with Crippen LogP contribution in [0, 0.1) is 0 Å². The molecular weight excluding hydrogens is 344 g/mol. The molecule has 1 amide bonds. The van der Waals surface area contributed by atoms with Crippen LogP contribution in [0.5, 0.6) is 0 Å². The molecule has 2 aliphatic heterocycles. The van der Waals surface area contributed by atoms with Crippen molar-refractivity contribution in [1.29, 1.82) is 0 Å². The average Bonchev–Trinajstić information content (AvgIpc) is 3.13. The first-order chi connectivity index (χ1) is 12.7. The number of hydrogen-bond donors (Lipinski definition) is 1. The van der Waals surface area contributed by atoms with Crippen LogP contribution >= 0.6 is 11.8 Å². The van der Waals surface area contributed by atoms with E-state index in [1.54, 1.807) is 11.8 Å². The predicted molar refractivity (Wildman–Crippen MR) is 104 cm³/mol. The van der Waals surface area contributed by atoms with Gasteiger partial charge in [0.2, 0.25) is 5.91 Å². The van der Waals surface area contributed by atoms with E-state index in [2.05, 4.69) is 17.0 Å². The van der Waals surface area contributed by atoms with Crippen molar-refractivity contribution < 1.29 is 9.90 Å². The Kier molecular flexibility index (Phi) is 5.29. The Morgan fingerprint density at radius 1 is 1.04 bits per heavy atom. The second-order valence-electron chi connectivity index (χ2n) is 6.97. The number of benzene rings is 2. The summed E-state index contributed by atoms with van der Waals surface area (Å²) >= 11 is 1.70. The van der Waals surface area contributed by atoms with Gasteiger partial charge in [-0.1, -0.05) is 48.5 Å². The number of aliphatic hydroxyl groups excluding tert-OH is 1. The third-order valence-electron chi connectivity index (χ3n) is 5.22. The second kappa shape index (κ2) is 7.82. The van der Waals surface area contributed by atoms with Gasteiger partial charge in [-0.05, 0) is 23.6 Å². The van der Waals surface area contributed by atoms with Crippen LogP contribution in [0.25, 0.3) is 0 Å². The van der Waals surface area contributed by atoms with Crippen LogP contribution in [-0.4, -0.2) is 58.8 Å². The highest BCUT2D eigenvalue weighted by molar-refractivity contribution is 8.01. The summed E-state index contributed by atoms with van der Waals surface area (Å²) in [5.74, 6) is 0.259. The molecule has 2 aliphatic rings. The summed E-state index contributed by atoms with van der Waals surface area (Å²) in [6.45, 7) is 3.75. The number of carbonyl (C=O) groups is 1. The zero-order valence-electron chi connectivity index (χ0n) is 14.8. The Labute approximate surface area is 158 Å². The average molecular weight is 369 g/mol. The maximum absolute atomic E-state index is 12.9. The highest BCUT2D eigenvalue weighted by Gasteiger charge is 2.33. The molecule has 0 aliphatic carbocycles. The van der Waals surface area contributed by atoms with Gasteiger partial charge in [-0.25, -0.2) is 0 Å². The minimum atomic E-state index is -0.474. The number of rotatable bonds is 4. The van der Waals surface area contributed by atoms with Crippen molar-refractivity contribution in [2.75, 3.05) is 32.7 Å². The van der Waals surface area contributed by atoms with Crippen molar-refractivity contribution in [1.82, 2.24) is 9.80 Å². The molecule has 0 aromatic heterocycles. The summed E-state index contributed by atoms with van der Waals surface area (Å²) in [4.78, 5) is 18.3. The van der Waals surface area contributed by atoms with E-state index in [1.165, 1.54) is 10.5 Å². The summed E-state index contributed by atoms with van der Waals surface area (Å²) in [7, 11) is 0. The molecule has 2 aromatic carbocycles. The molecule has 4 rings (SSSR count). The molecule has 4 nitrogen and oxygen atoms in total. The molecule has 1 N–H and O–H groups in total. The fourth-order valence-electron chi connectivity index (χ4n) is 3.70. The fourth-order valence-corrected chi connectivity index (χ4v) is 4.98. The number of aliphatic hydroxyl groups is 1. The van der Waals surface area contributed by atoms with Gasteiger partial charge in [-0.3, -0.25) is 9.69 Å². The largest absolute Gasteiger partial charge is 0.387 e. The lowest BCUT2D eigenvalue weighted by Crippen LogP contribution is -2.51. The molecule has 0 spiro atoms. The topological polar surface area (TPSA) is 43.8 Å². The van der Waals surface area contributed by atoms with E-state index in [-0.39, 0.29) is 11.2 Å². The predicted octanol–water partition coefficient (Wildman–Crippen LogP) is 2.58. The van der Waals surface area contributed by atoms with Gasteiger partial charge in [-0.15, -0.1) is 11.8 Å². The van der Waals surface area contributed by atoms with Crippen LogP contribution in [-0.2, 0) is 11.2 Å². The van der Waals surface area contributed by atoms with Gasteiger partial charge in [0.05, 0.1) is 11.4 Å². The van der Waals surface area contributed by atoms with Gasteiger partial charge in [0.1, 0.15) is 0 Å². The number of amides is 1. The SMILES string of the molecule is O=C(C1Cc2ccccc2S1)N1CCN(CC(O)c2ccccc2)CC1. The maximum Gasteiger partial charge on any atom is 0.236 e. The number of nitrogens with zero attached hydrogens (tertiary/aromatic N) is 2. The molecular formula is C21H24N2O2S. The Hall–Kier alpha value is -1.82. The molecule has 5 heteroatoms. The van der Waals surface area contributed by atoms with Gasteiger partial charge >= 0.3 is 0 Å². The smallest absolute Gasteiger partial charge is 0.236 e. The van der Waals surface area contributed by atoms with Crippen LogP contribution in [0.15, 0.2) is 59.5 Å². The lowest BCUT2D eigenvalue weighted by molar-refractivity contribution is -0.132. The zero-order chi connectivity index (χ0) is 17.9. The standard InChI is InChI=1S/C21H24N2O2S/c24-18(16-6-2-1-3-7-16)15-22-10-12-23(13-11-22)21(25)20-14-17-8-4-5-9-19(17)26-20/h1-9,18,20,24H,10-15H2. The highest BCUT2D eigenvalue weighted by atomic mass is 32.2. The summed E-state index contributed by atoms with van der Waals surface area (Å²) in [6.07, 6.45) is 0.366. The van der Waals surface area contributed by atoms with E-state index < -0.39 is 6.10 Å². The van der Waals surface area contributed by atoms with Crippen molar-refractivity contribution in [3.05, 3.63) is 65.7 Å². The molecule has 26 heavy (non-hydrogen) atoms. The van der Waals surface area contributed by atoms with E-state index in [0.29, 0.717) is 6.54 Å². The number of carbonyl (C=O) groups excluding carboxylic acids is 1. The first-order valence-electron chi connectivity index (χ1n) is 9.19. The zero-order valence-corrected chi connectivity index (χ0v) is 15.6. The molecule has 2 atom stereocenters. The highest BCUT2D eigenvalue weighted by Crippen LogP contribution is 2.37. The lowest BCUT2D eigenvalue weighted by atomic mass is 10.1. The molecule has 0 saturated carbocycles. The number of hydrogen-bond acceptors (Lipinski definition) is 4. The minimum absolute atomic E-state index is 0.0221. The summed E-state index contributed by atoms with van der Waals surface area (Å²) in [5.41, 5.74) is 2.24. The number of β-amino-alcohol motifs (C(OH)–C–C–N with tert-alkyl or cyclic N) is 1. The molecule has 2 aromatic rings. The van der Waals surface area contributed by atoms with E-state index in [0.717, 1.165) is 38.2 Å². The van der Waals surface area contributed by atoms with E-state index in [4.69, 9.17) is 0 Å². The normalized spacial score (nSPS) is 21.4. The van der Waals surface area contributed by atoms with E-state index in [1.807, 2.05) is 47.4 Å². The second-order valence-corrected chi connectivity index (χ2v) is 8.22. The van der Waals surface area contributed by atoms with Crippen LogP contribution in [0.3, 0.4) is 0 Å². The third kappa shape index (κ3) is 3.80. The van der Waals surface area contributed by atoms with Crippen LogP contribution < -0.4 is 0 Å². The summed E-state index contributed by atoms with van der Waals surface area (Å²) < 4.78 is 0. The molecule has 2 heterocycles. The lowest BCUT2D eigenvalue weighted by Gasteiger charge is -2.36. The Balaban J connectivity index is 1.28. The van der Waals surface area contributed by atoms with Crippen LogP contribution in [0.4, 0.5) is 0 Å². The first kappa shape index (κ1) is 17.6. The number of piperazine rings is 1. The van der Waals surface area contributed by atoms with Crippen molar-refractivity contribution in [3.63, 3.8) is 0 Å². The summed E-state index contributed by atoms with van der Waals surface area (Å²) in [5, 5.41) is 10.4. The maximum atomic E-state index is 12.9. The van der Waals surface area contributed by atoms with Gasteiger partial charge in [0.25, 0.3) is 0 Å². The first-order valence-corrected chi connectivity index (χ1v) is 10.1. The fraction of sp³-hybridized carbons (Fsp3) is 0.381. The minimum Gasteiger partial charge on any atom is -0.387 e. The number of fused-ring (bicyclic) bond motifs is 1. The van der Waals surface area contributed by atoms with Crippen molar-refractivity contribution in [3.8, 4) is 0 Å². The van der Waals surface area contributed by atoms with Crippen molar-refractivity contribution in [2.24, 2.45) is 0 Å². The Bertz CT molecular complexity index is 735. The van der Waals surface area contributed by atoms with Gasteiger partial charge in [0.15, 0.2) is 0 Å². The summed E-state index contributed by atoms with van der Waals surface area (Å²) in [6, 6.07) is 18.1. The monoisotopic (exact) mass is 368 g/mol. The van der Waals surface area contributed by atoms with Crippen LogP contribution in [0.1, 0.15) is 17.2 Å². The molecule has 2 unspecified atom stereocenters. The van der Waals surface area contributed by atoms with Gasteiger partial charge < -0.3 is 10.0 Å². The van der Waals surface area contributed by atoms with Gasteiger partial charge in [0, 0.05) is 37.6 Å². The molecule has 136 valence electrons. The van der Waals surface area contributed by atoms with Crippen LogP contribution in [0.2, 0.25) is 0 Å². The quantitative estimate of drug-likeness (QED) is 0.901. The third-order valence-corrected chi connectivity index (χ3v) is 6.53. The van der Waals surface area contributed by atoms with Gasteiger partial charge in [-0.2, -0.15) is 0 Å². The molecule has 1 fully saturated rings. The molecule has 0 radical (unpaired) electrons. The van der Waals surface area contributed by atoms with Crippen molar-refractivity contribution >= 4 is 17.7 Å². The molecule has 1 saturated heterocycles. The Morgan fingerprint density at radius 3 is 2.46 bits per heavy atom. The van der Waals surface area contributed by atoms with E-state index >= 15 is 0 Å². The molecule has 0 bridgehead atoms. The Morgan fingerprint density at radius 2 is 1.73 bits per heavy atom.